The minimum absolute atomic E-state index is 0.0670. The summed E-state index contributed by atoms with van der Waals surface area (Å²) in [6.07, 6.45) is 0.928. The van der Waals surface area contributed by atoms with Crippen LogP contribution in [0.4, 0.5) is 5.69 Å². The second-order valence-electron chi connectivity index (χ2n) is 5.33. The highest BCUT2D eigenvalue weighted by atomic mass is 16.5. The first-order valence-corrected chi connectivity index (χ1v) is 7.69. The van der Waals surface area contributed by atoms with Crippen molar-refractivity contribution in [2.24, 2.45) is 0 Å². The molecule has 0 saturated carbocycles. The molecule has 1 N–H and O–H groups in total. The largest absolute Gasteiger partial charge is 0.385 e. The standard InChI is InChI=1S/C17H28N2O2/c1-6-14(4)19(10-11-21-5)17(20)15-9-8-13(3)12-16(15)18-7-2/h8-9,12,14,18H,6-7,10-11H2,1-5H3. The first kappa shape index (κ1) is 17.5. The molecule has 0 radical (unpaired) electrons. The van der Waals surface area contributed by atoms with Gasteiger partial charge in [-0.2, -0.15) is 0 Å². The van der Waals surface area contributed by atoms with Crippen molar-refractivity contribution in [1.29, 1.82) is 0 Å². The fourth-order valence-corrected chi connectivity index (χ4v) is 2.27. The number of rotatable bonds is 8. The van der Waals surface area contributed by atoms with Gasteiger partial charge >= 0.3 is 0 Å². The van der Waals surface area contributed by atoms with Gasteiger partial charge in [0, 0.05) is 31.9 Å². The summed E-state index contributed by atoms with van der Waals surface area (Å²) in [6, 6.07) is 6.13. The monoisotopic (exact) mass is 292 g/mol. The van der Waals surface area contributed by atoms with Gasteiger partial charge in [0.25, 0.3) is 5.91 Å². The van der Waals surface area contributed by atoms with Crippen molar-refractivity contribution in [2.45, 2.75) is 40.2 Å². The minimum atomic E-state index is 0.0670. The summed E-state index contributed by atoms with van der Waals surface area (Å²) in [6.45, 7) is 10.2. The Bertz CT molecular complexity index is 460. The number of anilines is 1. The number of nitrogens with zero attached hydrogens (tertiary/aromatic N) is 1. The molecule has 0 heterocycles. The molecule has 1 rings (SSSR count). The second kappa shape index (κ2) is 8.67. The van der Waals surface area contributed by atoms with E-state index in [9.17, 15) is 4.79 Å². The average molecular weight is 292 g/mol. The Morgan fingerprint density at radius 1 is 1.38 bits per heavy atom. The van der Waals surface area contributed by atoms with E-state index in [1.165, 1.54) is 0 Å². The summed E-state index contributed by atoms with van der Waals surface area (Å²) in [7, 11) is 1.66. The van der Waals surface area contributed by atoms with Crippen LogP contribution in [-0.2, 0) is 4.74 Å². The lowest BCUT2D eigenvalue weighted by Crippen LogP contribution is -2.40. The van der Waals surface area contributed by atoms with Crippen LogP contribution in [0, 0.1) is 6.92 Å². The molecule has 0 spiro atoms. The van der Waals surface area contributed by atoms with Crippen molar-refractivity contribution in [1.82, 2.24) is 4.90 Å². The number of amides is 1. The topological polar surface area (TPSA) is 41.6 Å². The Kier molecular flexibility index (Phi) is 7.23. The molecule has 0 aliphatic carbocycles. The fraction of sp³-hybridized carbons (Fsp3) is 0.588. The first-order chi connectivity index (χ1) is 10.0. The Balaban J connectivity index is 3.07. The fourth-order valence-electron chi connectivity index (χ4n) is 2.27. The Hall–Kier alpha value is -1.55. The lowest BCUT2D eigenvalue weighted by Gasteiger charge is -2.29. The highest BCUT2D eigenvalue weighted by molar-refractivity contribution is 6.00. The third kappa shape index (κ3) is 4.74. The van der Waals surface area contributed by atoms with E-state index in [0.717, 1.165) is 29.8 Å². The quantitative estimate of drug-likeness (QED) is 0.799. The zero-order chi connectivity index (χ0) is 15.8. The molecule has 0 aromatic heterocycles. The molecule has 118 valence electrons. The molecular formula is C17H28N2O2. The van der Waals surface area contributed by atoms with Crippen LogP contribution in [0.15, 0.2) is 18.2 Å². The van der Waals surface area contributed by atoms with Gasteiger partial charge in [0.05, 0.1) is 12.2 Å². The van der Waals surface area contributed by atoms with Crippen LogP contribution in [-0.4, -0.2) is 43.7 Å². The van der Waals surface area contributed by atoms with Gasteiger partial charge in [0.1, 0.15) is 0 Å². The molecule has 1 atom stereocenters. The van der Waals surface area contributed by atoms with Crippen LogP contribution in [0.2, 0.25) is 0 Å². The second-order valence-corrected chi connectivity index (χ2v) is 5.33. The number of nitrogens with one attached hydrogen (secondary N) is 1. The van der Waals surface area contributed by atoms with Crippen molar-refractivity contribution < 1.29 is 9.53 Å². The number of hydrogen-bond acceptors (Lipinski definition) is 3. The van der Waals surface area contributed by atoms with Crippen LogP contribution in [0.5, 0.6) is 0 Å². The van der Waals surface area contributed by atoms with Gasteiger partial charge in [-0.3, -0.25) is 4.79 Å². The van der Waals surface area contributed by atoms with Crippen LogP contribution < -0.4 is 5.32 Å². The van der Waals surface area contributed by atoms with E-state index in [-0.39, 0.29) is 11.9 Å². The highest BCUT2D eigenvalue weighted by Gasteiger charge is 2.22. The van der Waals surface area contributed by atoms with Gasteiger partial charge in [-0.05, 0) is 44.9 Å². The van der Waals surface area contributed by atoms with Gasteiger partial charge in [0.2, 0.25) is 0 Å². The number of benzene rings is 1. The van der Waals surface area contributed by atoms with Gasteiger partial charge < -0.3 is 15.0 Å². The number of methoxy groups -OCH3 is 1. The molecule has 4 heteroatoms. The molecule has 0 saturated heterocycles. The van der Waals surface area contributed by atoms with E-state index in [4.69, 9.17) is 4.74 Å². The number of carbonyl (C=O) groups excluding carboxylic acids is 1. The lowest BCUT2D eigenvalue weighted by atomic mass is 10.1. The summed E-state index contributed by atoms with van der Waals surface area (Å²) < 4.78 is 5.14. The SMILES string of the molecule is CCNc1cc(C)ccc1C(=O)N(CCOC)C(C)CC. The number of hydrogen-bond donors (Lipinski definition) is 1. The van der Waals surface area contributed by atoms with Crippen molar-refractivity contribution >= 4 is 11.6 Å². The molecular weight excluding hydrogens is 264 g/mol. The van der Waals surface area contributed by atoms with Crippen molar-refractivity contribution in [3.05, 3.63) is 29.3 Å². The normalized spacial score (nSPS) is 12.0. The smallest absolute Gasteiger partial charge is 0.256 e. The van der Waals surface area contributed by atoms with Crippen LogP contribution >= 0.6 is 0 Å². The van der Waals surface area contributed by atoms with Gasteiger partial charge in [0.15, 0.2) is 0 Å². The molecule has 0 bridgehead atoms. The number of aryl methyl sites for hydroxylation is 1. The predicted octanol–water partition coefficient (Wildman–Crippen LogP) is 3.31. The van der Waals surface area contributed by atoms with Crippen LogP contribution in [0.25, 0.3) is 0 Å². The average Bonchev–Trinajstić information content (AvgIpc) is 2.47. The molecule has 0 aliphatic heterocycles. The molecule has 1 aromatic rings. The predicted molar refractivity (Wildman–Crippen MR) is 88.0 cm³/mol. The zero-order valence-electron chi connectivity index (χ0n) is 13.9. The molecule has 1 unspecified atom stereocenters. The summed E-state index contributed by atoms with van der Waals surface area (Å²) >= 11 is 0. The third-order valence-electron chi connectivity index (χ3n) is 3.69. The minimum Gasteiger partial charge on any atom is -0.385 e. The summed E-state index contributed by atoms with van der Waals surface area (Å²) in [5.41, 5.74) is 2.79. The Labute approximate surface area is 128 Å². The van der Waals surface area contributed by atoms with E-state index >= 15 is 0 Å². The molecule has 4 nitrogen and oxygen atoms in total. The van der Waals surface area contributed by atoms with E-state index < -0.39 is 0 Å². The van der Waals surface area contributed by atoms with E-state index in [2.05, 4.69) is 19.2 Å². The van der Waals surface area contributed by atoms with Gasteiger partial charge in [-0.1, -0.05) is 13.0 Å². The molecule has 21 heavy (non-hydrogen) atoms. The van der Waals surface area contributed by atoms with Crippen LogP contribution in [0.3, 0.4) is 0 Å². The summed E-state index contributed by atoms with van der Waals surface area (Å²) in [4.78, 5) is 14.8. The molecule has 1 aromatic carbocycles. The maximum absolute atomic E-state index is 12.9. The van der Waals surface area contributed by atoms with Crippen molar-refractivity contribution in [3.63, 3.8) is 0 Å². The van der Waals surface area contributed by atoms with Crippen LogP contribution in [0.1, 0.15) is 43.1 Å². The van der Waals surface area contributed by atoms with Crippen molar-refractivity contribution in [3.8, 4) is 0 Å². The highest BCUT2D eigenvalue weighted by Crippen LogP contribution is 2.21. The van der Waals surface area contributed by atoms with E-state index in [1.807, 2.05) is 36.9 Å². The molecule has 0 aliphatic rings. The zero-order valence-corrected chi connectivity index (χ0v) is 13.9. The van der Waals surface area contributed by atoms with Crippen molar-refractivity contribution in [2.75, 3.05) is 32.1 Å². The first-order valence-electron chi connectivity index (χ1n) is 7.69. The maximum Gasteiger partial charge on any atom is 0.256 e. The van der Waals surface area contributed by atoms with Gasteiger partial charge in [-0.15, -0.1) is 0 Å². The third-order valence-corrected chi connectivity index (χ3v) is 3.69. The number of ether oxygens (including phenoxy) is 1. The maximum atomic E-state index is 12.9. The molecule has 1 amide bonds. The Morgan fingerprint density at radius 2 is 2.10 bits per heavy atom. The van der Waals surface area contributed by atoms with E-state index in [1.54, 1.807) is 7.11 Å². The molecule has 0 fully saturated rings. The van der Waals surface area contributed by atoms with Gasteiger partial charge in [-0.25, -0.2) is 0 Å². The summed E-state index contributed by atoms with van der Waals surface area (Å²) in [5, 5.41) is 3.29. The summed E-state index contributed by atoms with van der Waals surface area (Å²) in [5.74, 6) is 0.0670. The van der Waals surface area contributed by atoms with E-state index in [0.29, 0.717) is 13.2 Å². The Morgan fingerprint density at radius 3 is 2.67 bits per heavy atom. The lowest BCUT2D eigenvalue weighted by molar-refractivity contribution is 0.0615. The number of carbonyl (C=O) groups is 1.